The van der Waals surface area contributed by atoms with Crippen LogP contribution in [-0.2, 0) is 20.7 Å². The molecule has 8 heteroatoms. The summed E-state index contributed by atoms with van der Waals surface area (Å²) < 4.78 is 12.4. The fourth-order valence-corrected chi connectivity index (χ4v) is 5.02. The molecule has 0 saturated heterocycles. The number of aromatic carboxylic acids is 1. The quantitative estimate of drug-likeness (QED) is 0.627. The van der Waals surface area contributed by atoms with Crippen molar-refractivity contribution < 1.29 is 29.3 Å². The molecule has 4 heterocycles. The van der Waals surface area contributed by atoms with E-state index in [1.807, 2.05) is 31.2 Å². The van der Waals surface area contributed by atoms with E-state index >= 15 is 0 Å². The number of carbonyl (C=O) groups is 2. The maximum Gasteiger partial charge on any atom is 0.354 e. The monoisotopic (exact) mass is 408 g/mol. The number of hydrogen-bond acceptors (Lipinski definition) is 6. The lowest BCUT2D eigenvalue weighted by molar-refractivity contribution is -0.147. The van der Waals surface area contributed by atoms with Crippen LogP contribution >= 0.6 is 0 Å². The van der Waals surface area contributed by atoms with Gasteiger partial charge in [0.25, 0.3) is 0 Å². The van der Waals surface area contributed by atoms with E-state index in [0.717, 1.165) is 21.8 Å². The van der Waals surface area contributed by atoms with E-state index in [-0.39, 0.29) is 18.2 Å². The molecule has 0 radical (unpaired) electrons. The number of carboxylic acids is 1. The van der Waals surface area contributed by atoms with Crippen LogP contribution in [0.2, 0.25) is 0 Å². The van der Waals surface area contributed by atoms with Crippen LogP contribution in [0.1, 0.15) is 29.1 Å². The molecule has 2 N–H and O–H groups in total. The Balaban J connectivity index is 1.85. The maximum atomic E-state index is 12.4. The summed E-state index contributed by atoms with van der Waals surface area (Å²) in [5, 5.41) is 22.0. The van der Waals surface area contributed by atoms with Crippen molar-refractivity contribution in [1.29, 1.82) is 0 Å². The number of methoxy groups -OCH3 is 1. The van der Waals surface area contributed by atoms with Crippen LogP contribution in [0.25, 0.3) is 21.8 Å². The zero-order valence-corrected chi connectivity index (χ0v) is 16.4. The van der Waals surface area contributed by atoms with E-state index in [1.165, 1.54) is 13.4 Å². The molecule has 154 valence electrons. The van der Waals surface area contributed by atoms with Gasteiger partial charge in [-0.25, -0.2) is 14.6 Å². The number of para-hydroxylation sites is 1. The number of carbonyl (C=O) groups excluding carboxylic acids is 1. The average Bonchev–Trinajstić information content (AvgIpc) is 3.00. The zero-order valence-electron chi connectivity index (χ0n) is 16.4. The lowest BCUT2D eigenvalue weighted by Gasteiger charge is -2.37. The highest BCUT2D eigenvalue weighted by atomic mass is 16.6. The topological polar surface area (TPSA) is 111 Å². The number of ether oxygens (including phenoxy) is 2. The highest BCUT2D eigenvalue weighted by Crippen LogP contribution is 2.46. The number of nitrogens with zero attached hydrogens (tertiary/aromatic N) is 2. The molecular weight excluding hydrogens is 388 g/mol. The number of pyridine rings is 1. The summed E-state index contributed by atoms with van der Waals surface area (Å²) in [6, 6.07) is 9.07. The molecule has 4 atom stereocenters. The van der Waals surface area contributed by atoms with Crippen LogP contribution in [0, 0.1) is 11.8 Å². The number of aliphatic hydroxyl groups excluding tert-OH is 1. The third-order valence-corrected chi connectivity index (χ3v) is 6.31. The van der Waals surface area contributed by atoms with Crippen molar-refractivity contribution in [3.05, 3.63) is 53.6 Å². The molecule has 3 aromatic rings. The van der Waals surface area contributed by atoms with Gasteiger partial charge in [-0.1, -0.05) is 18.2 Å². The highest BCUT2D eigenvalue weighted by Gasteiger charge is 2.45. The van der Waals surface area contributed by atoms with Gasteiger partial charge in [0.15, 0.2) is 0 Å². The van der Waals surface area contributed by atoms with E-state index in [0.29, 0.717) is 11.3 Å². The van der Waals surface area contributed by atoms with E-state index in [2.05, 4.69) is 9.55 Å². The number of hydrogen-bond donors (Lipinski definition) is 2. The molecule has 2 aliphatic heterocycles. The van der Waals surface area contributed by atoms with Gasteiger partial charge in [0, 0.05) is 34.2 Å². The van der Waals surface area contributed by atoms with Gasteiger partial charge in [-0.3, -0.25) is 0 Å². The van der Waals surface area contributed by atoms with Gasteiger partial charge >= 0.3 is 11.9 Å². The maximum absolute atomic E-state index is 12.4. The molecule has 1 aromatic carbocycles. The Kier molecular flexibility index (Phi) is 4.08. The molecular formula is C22H20N2O6. The van der Waals surface area contributed by atoms with Gasteiger partial charge < -0.3 is 24.3 Å². The van der Waals surface area contributed by atoms with Crippen molar-refractivity contribution in [3.63, 3.8) is 0 Å². The van der Waals surface area contributed by atoms with E-state index in [4.69, 9.17) is 9.47 Å². The second-order valence-electron chi connectivity index (χ2n) is 7.76. The number of aliphatic hydroxyl groups is 1. The fraction of sp³-hybridized carbons (Fsp3) is 0.318. The fourth-order valence-electron chi connectivity index (χ4n) is 5.02. The number of esters is 1. The van der Waals surface area contributed by atoms with Crippen molar-refractivity contribution in [2.75, 3.05) is 7.11 Å². The summed E-state index contributed by atoms with van der Waals surface area (Å²) in [4.78, 5) is 28.6. The second-order valence-corrected chi connectivity index (χ2v) is 7.76. The lowest BCUT2D eigenvalue weighted by atomic mass is 9.77. The molecule has 2 aromatic heterocycles. The van der Waals surface area contributed by atoms with Gasteiger partial charge in [0.05, 0.1) is 30.2 Å². The summed E-state index contributed by atoms with van der Waals surface area (Å²) >= 11 is 0. The van der Waals surface area contributed by atoms with Gasteiger partial charge in [0.2, 0.25) is 6.29 Å². The van der Waals surface area contributed by atoms with Gasteiger partial charge in [-0.15, -0.1) is 0 Å². The standard InChI is InChI=1S/C22H20N2O6/c1-10-18-12(14(21(27)29-2)9-30-22(18)28)7-15-19-13(8-16(23-15)20(25)26)11-5-3-4-6-17(11)24(10)19/h3-6,8-10,12,18,22,28H,7H2,1-2H3,(H,25,26). The van der Waals surface area contributed by atoms with Gasteiger partial charge in [-0.05, 0) is 25.5 Å². The Hall–Kier alpha value is -3.39. The number of fused-ring (bicyclic) bond motifs is 4. The number of rotatable bonds is 2. The molecule has 0 saturated carbocycles. The first-order chi connectivity index (χ1) is 14.4. The molecule has 30 heavy (non-hydrogen) atoms. The molecule has 5 rings (SSSR count). The Bertz CT molecular complexity index is 1240. The third kappa shape index (κ3) is 2.46. The van der Waals surface area contributed by atoms with Crippen LogP contribution in [0.4, 0.5) is 0 Å². The summed E-state index contributed by atoms with van der Waals surface area (Å²) in [6.07, 6.45) is 0.411. The van der Waals surface area contributed by atoms with Crippen LogP contribution in [0.15, 0.2) is 42.2 Å². The molecule has 0 amide bonds. The predicted molar refractivity (Wildman–Crippen MR) is 107 cm³/mol. The molecule has 0 fully saturated rings. The summed E-state index contributed by atoms with van der Waals surface area (Å²) in [5.41, 5.74) is 2.56. The first kappa shape index (κ1) is 18.6. The minimum absolute atomic E-state index is 0.0530. The zero-order chi connectivity index (χ0) is 21.2. The van der Waals surface area contributed by atoms with Crippen molar-refractivity contribution >= 4 is 33.7 Å². The van der Waals surface area contributed by atoms with Crippen LogP contribution in [-0.4, -0.2) is 45.1 Å². The summed E-state index contributed by atoms with van der Waals surface area (Å²) in [5.74, 6) is -2.54. The van der Waals surface area contributed by atoms with Gasteiger partial charge in [0.1, 0.15) is 5.69 Å². The normalized spacial score (nSPS) is 25.2. The molecule has 4 unspecified atom stereocenters. The van der Waals surface area contributed by atoms with Crippen molar-refractivity contribution in [1.82, 2.24) is 9.55 Å². The molecule has 0 spiro atoms. The summed E-state index contributed by atoms with van der Waals surface area (Å²) in [7, 11) is 1.29. The van der Waals surface area contributed by atoms with E-state index < -0.39 is 30.1 Å². The van der Waals surface area contributed by atoms with Crippen molar-refractivity contribution in [2.45, 2.75) is 25.7 Å². The number of benzene rings is 1. The average molecular weight is 408 g/mol. The Morgan fingerprint density at radius 3 is 2.77 bits per heavy atom. The Morgan fingerprint density at radius 2 is 2.03 bits per heavy atom. The SMILES string of the molecule is COC(=O)C1=COC(O)C2C1Cc1nc(C(=O)O)cc3c4ccccc4n(c13)C2C. The van der Waals surface area contributed by atoms with Crippen LogP contribution in [0.3, 0.4) is 0 Å². The number of carboxylic acid groups (broad SMARTS) is 1. The largest absolute Gasteiger partial charge is 0.477 e. The predicted octanol–water partition coefficient (Wildman–Crippen LogP) is 2.64. The van der Waals surface area contributed by atoms with Crippen molar-refractivity contribution in [3.8, 4) is 0 Å². The Morgan fingerprint density at radius 1 is 1.27 bits per heavy atom. The smallest absolute Gasteiger partial charge is 0.354 e. The first-order valence-corrected chi connectivity index (χ1v) is 9.70. The first-order valence-electron chi connectivity index (χ1n) is 9.70. The lowest BCUT2D eigenvalue weighted by Crippen LogP contribution is -2.40. The minimum atomic E-state index is -1.12. The third-order valence-electron chi connectivity index (χ3n) is 6.31. The van der Waals surface area contributed by atoms with Crippen molar-refractivity contribution in [2.24, 2.45) is 11.8 Å². The summed E-state index contributed by atoms with van der Waals surface area (Å²) in [6.45, 7) is 1.97. The molecule has 2 aliphatic rings. The van der Waals surface area contributed by atoms with E-state index in [9.17, 15) is 19.8 Å². The molecule has 0 aliphatic carbocycles. The van der Waals surface area contributed by atoms with Gasteiger partial charge in [-0.2, -0.15) is 0 Å². The molecule has 0 bridgehead atoms. The number of aromatic nitrogens is 2. The Labute approximate surface area is 171 Å². The minimum Gasteiger partial charge on any atom is -0.477 e. The highest BCUT2D eigenvalue weighted by molar-refractivity contribution is 6.10. The molecule has 8 nitrogen and oxygen atoms in total. The van der Waals surface area contributed by atoms with Crippen LogP contribution < -0.4 is 0 Å². The van der Waals surface area contributed by atoms with Crippen LogP contribution in [0.5, 0.6) is 0 Å². The second kappa shape index (κ2) is 6.56. The van der Waals surface area contributed by atoms with E-state index in [1.54, 1.807) is 6.07 Å².